The molecule has 5 rings (SSSR count). The van der Waals surface area contributed by atoms with E-state index >= 15 is 0 Å². The van der Waals surface area contributed by atoms with Crippen LogP contribution >= 0.6 is 11.8 Å². The minimum atomic E-state index is -0.551. The van der Waals surface area contributed by atoms with Crippen LogP contribution in [0.2, 0.25) is 0 Å². The Kier molecular flexibility index (Phi) is 8.58. The van der Waals surface area contributed by atoms with Crippen LogP contribution in [0.5, 0.6) is 0 Å². The van der Waals surface area contributed by atoms with Gasteiger partial charge in [-0.15, -0.1) is 0 Å². The summed E-state index contributed by atoms with van der Waals surface area (Å²) in [5.74, 6) is 1.54. The van der Waals surface area contributed by atoms with Crippen LogP contribution in [0, 0.1) is 16.7 Å². The molecule has 1 aromatic rings. The lowest BCUT2D eigenvalue weighted by molar-refractivity contribution is -0.00842. The van der Waals surface area contributed by atoms with Gasteiger partial charge >= 0.3 is 0 Å². The van der Waals surface area contributed by atoms with E-state index in [4.69, 9.17) is 14.5 Å². The summed E-state index contributed by atoms with van der Waals surface area (Å²) in [6.07, 6.45) is 6.33. The van der Waals surface area contributed by atoms with E-state index in [1.807, 2.05) is 18.9 Å². The quantitative estimate of drug-likeness (QED) is 0.483. The number of aliphatic hydroxyl groups is 1. The molecule has 0 amide bonds. The molecule has 2 aliphatic heterocycles. The van der Waals surface area contributed by atoms with Gasteiger partial charge in [-0.1, -0.05) is 69.0 Å². The fourth-order valence-electron chi connectivity index (χ4n) is 6.23. The Morgan fingerprint density at radius 1 is 1.16 bits per heavy atom. The number of benzene rings is 1. The van der Waals surface area contributed by atoms with Crippen molar-refractivity contribution >= 4 is 16.9 Å². The average molecular weight is 543 g/mol. The zero-order valence-electron chi connectivity index (χ0n) is 23.7. The monoisotopic (exact) mass is 542 g/mol. The molecule has 2 aliphatic carbocycles. The van der Waals surface area contributed by atoms with Crippen molar-refractivity contribution in [1.82, 2.24) is 15.1 Å². The number of fused-ring (bicyclic) bond motifs is 1. The maximum atomic E-state index is 10.9. The predicted octanol–water partition coefficient (Wildman–Crippen LogP) is 3.90. The van der Waals surface area contributed by atoms with Crippen molar-refractivity contribution in [1.29, 1.82) is 0 Å². The molecule has 2 heterocycles. The van der Waals surface area contributed by atoms with Crippen molar-refractivity contribution in [2.75, 3.05) is 52.7 Å². The number of ether oxygens (including phenoxy) is 2. The van der Waals surface area contributed by atoms with Gasteiger partial charge in [0.25, 0.3) is 0 Å². The summed E-state index contributed by atoms with van der Waals surface area (Å²) in [6, 6.07) is 8.86. The number of nitrogens with zero attached hydrogens (tertiary/aromatic N) is 3. The summed E-state index contributed by atoms with van der Waals surface area (Å²) < 4.78 is 11.8. The summed E-state index contributed by atoms with van der Waals surface area (Å²) in [4.78, 5) is 9.90. The lowest BCUT2D eigenvalue weighted by atomic mass is 9.88. The Balaban J connectivity index is 1.36. The number of rotatable bonds is 8. The fourth-order valence-corrected chi connectivity index (χ4v) is 7.62. The number of amidine groups is 1. The normalized spacial score (nSPS) is 32.4. The minimum Gasteiger partial charge on any atom is -0.381 e. The summed E-state index contributed by atoms with van der Waals surface area (Å²) in [7, 11) is 3.64. The molecular formula is C30H46N4O3S. The van der Waals surface area contributed by atoms with E-state index in [1.165, 1.54) is 5.56 Å². The number of hydrogen-bond acceptors (Lipinski definition) is 8. The summed E-state index contributed by atoms with van der Waals surface area (Å²) in [5, 5.41) is 15.4. The van der Waals surface area contributed by atoms with Gasteiger partial charge in [-0.25, -0.2) is 0 Å². The molecule has 0 spiro atoms. The number of piperazine rings is 1. The summed E-state index contributed by atoms with van der Waals surface area (Å²) in [5.41, 5.74) is 2.43. The van der Waals surface area contributed by atoms with Gasteiger partial charge in [-0.3, -0.25) is 9.89 Å². The molecule has 2 fully saturated rings. The van der Waals surface area contributed by atoms with E-state index < -0.39 is 6.23 Å². The lowest BCUT2D eigenvalue weighted by Gasteiger charge is -2.34. The average Bonchev–Trinajstić information content (AvgIpc) is 3.40. The highest BCUT2D eigenvalue weighted by atomic mass is 32.2. The zero-order valence-corrected chi connectivity index (χ0v) is 24.5. The van der Waals surface area contributed by atoms with Crippen LogP contribution in [0.3, 0.4) is 0 Å². The highest BCUT2D eigenvalue weighted by Crippen LogP contribution is 2.60. The highest BCUT2D eigenvalue weighted by molar-refractivity contribution is 8.14. The molecule has 6 atom stereocenters. The Morgan fingerprint density at radius 2 is 1.89 bits per heavy atom. The number of nitrogens with one attached hydrogen (secondary N) is 1. The van der Waals surface area contributed by atoms with Gasteiger partial charge in [0, 0.05) is 71.1 Å². The van der Waals surface area contributed by atoms with Gasteiger partial charge in [0.2, 0.25) is 0 Å². The van der Waals surface area contributed by atoms with Gasteiger partial charge in [0.15, 0.2) is 5.17 Å². The molecule has 1 aromatic carbocycles. The van der Waals surface area contributed by atoms with Crippen molar-refractivity contribution in [3.63, 3.8) is 0 Å². The molecule has 7 nitrogen and oxygen atoms in total. The first-order valence-electron chi connectivity index (χ1n) is 14.1. The maximum absolute atomic E-state index is 10.9. The first kappa shape index (κ1) is 28.1. The van der Waals surface area contributed by atoms with Crippen LogP contribution in [0.15, 0.2) is 41.4 Å². The van der Waals surface area contributed by atoms with E-state index in [0.717, 1.165) is 68.6 Å². The van der Waals surface area contributed by atoms with Crippen LogP contribution < -0.4 is 5.32 Å². The molecule has 1 saturated carbocycles. The second-order valence-corrected chi connectivity index (χ2v) is 13.5. The van der Waals surface area contributed by atoms with Crippen molar-refractivity contribution in [2.24, 2.45) is 21.7 Å². The van der Waals surface area contributed by atoms with Crippen molar-refractivity contribution in [3.8, 4) is 0 Å². The third-order valence-electron chi connectivity index (χ3n) is 8.95. The van der Waals surface area contributed by atoms with E-state index in [9.17, 15) is 5.11 Å². The molecule has 4 aliphatic rings. The first-order valence-corrected chi connectivity index (χ1v) is 15.1. The Bertz CT molecular complexity index is 1000. The number of aliphatic imine (C=N–C) groups is 1. The van der Waals surface area contributed by atoms with Gasteiger partial charge in [0.05, 0.1) is 18.2 Å². The number of methoxy groups -OCH3 is 2. The van der Waals surface area contributed by atoms with Crippen molar-refractivity contribution in [2.45, 2.75) is 64.6 Å². The molecule has 1 saturated heterocycles. The molecule has 0 radical (unpaired) electrons. The highest BCUT2D eigenvalue weighted by Gasteiger charge is 2.60. The topological polar surface area (TPSA) is 69.6 Å². The predicted molar refractivity (Wildman–Crippen MR) is 155 cm³/mol. The molecule has 0 aromatic heterocycles. The van der Waals surface area contributed by atoms with Crippen molar-refractivity contribution in [3.05, 3.63) is 47.5 Å². The first-order chi connectivity index (χ1) is 18.2. The van der Waals surface area contributed by atoms with Gasteiger partial charge < -0.3 is 24.8 Å². The SMILES string of the molecule is COC1C=CC2CC2(CN(Cc2ccc(C(O)N3CCNCC3)cc2)C2=NC(C(C)(C)C)CS2)C(OC)C1. The number of allylic oxidation sites excluding steroid dienone is 1. The van der Waals surface area contributed by atoms with Crippen LogP contribution in [-0.4, -0.2) is 91.0 Å². The van der Waals surface area contributed by atoms with Crippen LogP contribution in [0.1, 0.15) is 51.0 Å². The van der Waals surface area contributed by atoms with Gasteiger partial charge in [0.1, 0.15) is 6.23 Å². The van der Waals surface area contributed by atoms with Crippen LogP contribution in [-0.2, 0) is 16.0 Å². The zero-order chi connectivity index (χ0) is 26.9. The van der Waals surface area contributed by atoms with E-state index in [2.05, 4.69) is 72.3 Å². The van der Waals surface area contributed by atoms with Crippen molar-refractivity contribution < 1.29 is 14.6 Å². The van der Waals surface area contributed by atoms with Crippen LogP contribution in [0.4, 0.5) is 0 Å². The molecular weight excluding hydrogens is 496 g/mol. The number of thioether (sulfide) groups is 1. The largest absolute Gasteiger partial charge is 0.381 e. The second kappa shape index (κ2) is 11.6. The van der Waals surface area contributed by atoms with E-state index in [-0.39, 0.29) is 23.0 Å². The molecule has 38 heavy (non-hydrogen) atoms. The lowest BCUT2D eigenvalue weighted by Crippen LogP contribution is -2.45. The van der Waals surface area contributed by atoms with E-state index in [1.54, 1.807) is 7.11 Å². The third kappa shape index (κ3) is 6.01. The standard InChI is InChI=1S/C30H46N4O3S/c1-29(2,3)25-19-38-28(32-25)34(20-30-17-23(30)10-11-24(36-4)16-26(30)37-5)18-21-6-8-22(9-7-21)27(35)33-14-12-31-13-15-33/h6-11,23-27,31,35H,12-20H2,1-5H3. The van der Waals surface area contributed by atoms with E-state index in [0.29, 0.717) is 12.0 Å². The van der Waals surface area contributed by atoms with Gasteiger partial charge in [-0.05, 0) is 28.9 Å². The molecule has 8 heteroatoms. The third-order valence-corrected chi connectivity index (χ3v) is 10.1. The van der Waals surface area contributed by atoms with Crippen LogP contribution in [0.25, 0.3) is 0 Å². The molecule has 6 unspecified atom stereocenters. The molecule has 0 bridgehead atoms. The molecule has 2 N–H and O–H groups in total. The second-order valence-electron chi connectivity index (χ2n) is 12.5. The Morgan fingerprint density at radius 3 is 2.53 bits per heavy atom. The molecule has 210 valence electrons. The minimum absolute atomic E-state index is 0.0832. The summed E-state index contributed by atoms with van der Waals surface area (Å²) in [6.45, 7) is 12.2. The van der Waals surface area contributed by atoms with Gasteiger partial charge in [-0.2, -0.15) is 0 Å². The Hall–Kier alpha value is -1.42. The summed E-state index contributed by atoms with van der Waals surface area (Å²) >= 11 is 1.90. The smallest absolute Gasteiger partial charge is 0.159 e. The number of hydrogen-bond donors (Lipinski definition) is 2. The number of aliphatic hydroxyl groups excluding tert-OH is 1. The maximum Gasteiger partial charge on any atom is 0.159 e. The Labute approximate surface area is 233 Å². The fraction of sp³-hybridized carbons (Fsp3) is 0.700.